The highest BCUT2D eigenvalue weighted by Crippen LogP contribution is 2.22. The molecule has 28 heavy (non-hydrogen) atoms. The topological polar surface area (TPSA) is 126 Å². The van der Waals surface area contributed by atoms with E-state index >= 15 is 0 Å². The Morgan fingerprint density at radius 3 is 2.86 bits per heavy atom. The predicted octanol–water partition coefficient (Wildman–Crippen LogP) is 2.84. The Morgan fingerprint density at radius 2 is 2.18 bits per heavy atom. The van der Waals surface area contributed by atoms with Gasteiger partial charge in [0, 0.05) is 29.9 Å². The van der Waals surface area contributed by atoms with E-state index in [4.69, 9.17) is 5.26 Å². The summed E-state index contributed by atoms with van der Waals surface area (Å²) >= 11 is 0. The normalized spacial score (nSPS) is 10.6. The highest BCUT2D eigenvalue weighted by atomic mass is 19.1. The number of fused-ring (bicyclic) bond motifs is 1. The van der Waals surface area contributed by atoms with Gasteiger partial charge in [0.25, 0.3) is 5.69 Å². The molecule has 0 spiro atoms. The predicted molar refractivity (Wildman–Crippen MR) is 97.2 cm³/mol. The van der Waals surface area contributed by atoms with Crippen molar-refractivity contribution in [3.05, 3.63) is 62.8 Å². The number of hydrogen-bond donors (Lipinski definition) is 1. The van der Waals surface area contributed by atoms with Crippen LogP contribution in [-0.4, -0.2) is 25.4 Å². The average molecular weight is 382 g/mol. The average Bonchev–Trinajstić information content (AvgIpc) is 3.06. The van der Waals surface area contributed by atoms with Crippen LogP contribution in [-0.2, 0) is 11.2 Å². The molecule has 0 saturated carbocycles. The van der Waals surface area contributed by atoms with Crippen molar-refractivity contribution in [3.63, 3.8) is 0 Å². The van der Waals surface area contributed by atoms with Crippen LogP contribution in [0.1, 0.15) is 28.9 Å². The number of carbonyl (C=O) groups is 1. The van der Waals surface area contributed by atoms with E-state index in [2.05, 4.69) is 15.4 Å². The van der Waals surface area contributed by atoms with Gasteiger partial charge in [0.2, 0.25) is 5.91 Å². The molecule has 3 aromatic rings. The van der Waals surface area contributed by atoms with Gasteiger partial charge in [-0.1, -0.05) is 0 Å². The van der Waals surface area contributed by atoms with Crippen LogP contribution in [0.15, 0.2) is 24.4 Å². The van der Waals surface area contributed by atoms with E-state index in [1.807, 2.05) is 13.0 Å². The number of nitriles is 1. The zero-order chi connectivity index (χ0) is 20.4. The fraction of sp³-hybridized carbons (Fsp3) is 0.222. The van der Waals surface area contributed by atoms with Gasteiger partial charge >= 0.3 is 0 Å². The molecule has 142 valence electrons. The lowest BCUT2D eigenvalue weighted by Crippen LogP contribution is -2.15. The zero-order valence-electron chi connectivity index (χ0n) is 15.1. The molecule has 0 atom stereocenters. The summed E-state index contributed by atoms with van der Waals surface area (Å²) in [5.41, 5.74) is 2.45. The van der Waals surface area contributed by atoms with Crippen LogP contribution in [0.2, 0.25) is 0 Å². The number of hydrogen-bond acceptors (Lipinski definition) is 6. The number of nitro groups is 1. The second kappa shape index (κ2) is 7.40. The highest BCUT2D eigenvalue weighted by molar-refractivity contribution is 5.91. The Bertz CT molecular complexity index is 1150. The SMILES string of the molecule is Cc1nc2c(C#N)cnn2c(C)c1CCC(=O)Nc1cc([N+](=O)[O-])ccc1F. The summed E-state index contributed by atoms with van der Waals surface area (Å²) in [5, 5.41) is 26.4. The first kappa shape index (κ1) is 18.9. The van der Waals surface area contributed by atoms with Crippen molar-refractivity contribution in [2.75, 3.05) is 5.32 Å². The van der Waals surface area contributed by atoms with E-state index in [0.29, 0.717) is 23.3 Å². The number of carbonyl (C=O) groups excluding carboxylic acids is 1. The molecule has 0 aliphatic heterocycles. The van der Waals surface area contributed by atoms with E-state index in [1.165, 1.54) is 6.20 Å². The summed E-state index contributed by atoms with van der Waals surface area (Å²) in [6, 6.07) is 4.96. The Kier molecular flexibility index (Phi) is 5.00. The number of aryl methyl sites for hydroxylation is 2. The quantitative estimate of drug-likeness (QED) is 0.534. The number of nitro benzene ring substituents is 1. The molecule has 0 unspecified atom stereocenters. The van der Waals surface area contributed by atoms with Gasteiger partial charge in [-0.2, -0.15) is 10.4 Å². The second-order valence-corrected chi connectivity index (χ2v) is 6.14. The summed E-state index contributed by atoms with van der Waals surface area (Å²) in [6.07, 6.45) is 1.75. The summed E-state index contributed by atoms with van der Waals surface area (Å²) in [7, 11) is 0. The lowest BCUT2D eigenvalue weighted by Gasteiger charge is -2.11. The molecule has 0 aliphatic carbocycles. The minimum absolute atomic E-state index is 0.0172. The van der Waals surface area contributed by atoms with Crippen molar-refractivity contribution >= 4 is 22.9 Å². The Hall–Kier alpha value is -3.87. The lowest BCUT2D eigenvalue weighted by atomic mass is 10.1. The van der Waals surface area contributed by atoms with Crippen molar-refractivity contribution in [2.24, 2.45) is 0 Å². The number of nitrogens with one attached hydrogen (secondary N) is 1. The van der Waals surface area contributed by atoms with Gasteiger partial charge in [-0.15, -0.1) is 0 Å². The van der Waals surface area contributed by atoms with Crippen molar-refractivity contribution in [3.8, 4) is 6.07 Å². The maximum Gasteiger partial charge on any atom is 0.271 e. The van der Waals surface area contributed by atoms with Gasteiger partial charge < -0.3 is 5.32 Å². The van der Waals surface area contributed by atoms with Crippen LogP contribution in [0, 0.1) is 41.1 Å². The van der Waals surface area contributed by atoms with Crippen molar-refractivity contribution in [2.45, 2.75) is 26.7 Å². The first-order chi connectivity index (χ1) is 13.3. The first-order valence-corrected chi connectivity index (χ1v) is 8.29. The van der Waals surface area contributed by atoms with E-state index < -0.39 is 16.6 Å². The fourth-order valence-corrected chi connectivity index (χ4v) is 2.93. The van der Waals surface area contributed by atoms with E-state index in [9.17, 15) is 19.3 Å². The molecule has 0 radical (unpaired) electrons. The van der Waals surface area contributed by atoms with Gasteiger partial charge in [-0.05, 0) is 31.9 Å². The second-order valence-electron chi connectivity index (χ2n) is 6.14. The van der Waals surface area contributed by atoms with Gasteiger partial charge in [-0.25, -0.2) is 13.9 Å². The Morgan fingerprint density at radius 1 is 1.43 bits per heavy atom. The number of amides is 1. The van der Waals surface area contributed by atoms with Crippen molar-refractivity contribution < 1.29 is 14.1 Å². The highest BCUT2D eigenvalue weighted by Gasteiger charge is 2.16. The van der Waals surface area contributed by atoms with Crippen molar-refractivity contribution in [1.82, 2.24) is 14.6 Å². The number of nitrogens with zero attached hydrogens (tertiary/aromatic N) is 5. The number of halogens is 1. The Balaban J connectivity index is 1.78. The monoisotopic (exact) mass is 382 g/mol. The minimum Gasteiger partial charge on any atom is -0.323 e. The zero-order valence-corrected chi connectivity index (χ0v) is 15.1. The number of benzene rings is 1. The lowest BCUT2D eigenvalue weighted by molar-refractivity contribution is -0.384. The van der Waals surface area contributed by atoms with Crippen LogP contribution < -0.4 is 5.32 Å². The van der Waals surface area contributed by atoms with Gasteiger partial charge in [0.05, 0.1) is 16.8 Å². The first-order valence-electron chi connectivity index (χ1n) is 8.29. The third kappa shape index (κ3) is 3.50. The summed E-state index contributed by atoms with van der Waals surface area (Å²) < 4.78 is 15.4. The molecule has 2 heterocycles. The van der Waals surface area contributed by atoms with Gasteiger partial charge in [0.15, 0.2) is 5.65 Å². The van der Waals surface area contributed by atoms with E-state index in [1.54, 1.807) is 11.4 Å². The summed E-state index contributed by atoms with van der Waals surface area (Å²) in [6.45, 7) is 3.58. The van der Waals surface area contributed by atoms with Gasteiger partial charge in [0.1, 0.15) is 17.4 Å². The van der Waals surface area contributed by atoms with Crippen LogP contribution in [0.25, 0.3) is 5.65 Å². The molecule has 0 aliphatic rings. The van der Waals surface area contributed by atoms with Crippen molar-refractivity contribution in [1.29, 1.82) is 5.26 Å². The maximum atomic E-state index is 13.8. The third-order valence-corrected chi connectivity index (χ3v) is 4.37. The van der Waals surface area contributed by atoms with Crippen LogP contribution in [0.4, 0.5) is 15.8 Å². The summed E-state index contributed by atoms with van der Waals surface area (Å²) in [4.78, 5) is 26.7. The van der Waals surface area contributed by atoms with E-state index in [-0.39, 0.29) is 17.8 Å². The molecular weight excluding hydrogens is 367 g/mol. The number of non-ortho nitro benzene ring substituents is 1. The minimum atomic E-state index is -0.755. The van der Waals surface area contributed by atoms with Crippen LogP contribution >= 0.6 is 0 Å². The molecule has 0 bridgehead atoms. The number of aromatic nitrogens is 3. The fourth-order valence-electron chi connectivity index (χ4n) is 2.93. The molecule has 0 saturated heterocycles. The molecule has 9 nitrogen and oxygen atoms in total. The molecule has 0 fully saturated rings. The Labute approximate surface area is 158 Å². The molecule has 3 rings (SSSR count). The molecule has 1 amide bonds. The molecule has 10 heteroatoms. The smallest absolute Gasteiger partial charge is 0.271 e. The van der Waals surface area contributed by atoms with Crippen LogP contribution in [0.5, 0.6) is 0 Å². The summed E-state index contributed by atoms with van der Waals surface area (Å²) in [5.74, 6) is -1.24. The molecule has 2 aromatic heterocycles. The largest absolute Gasteiger partial charge is 0.323 e. The van der Waals surface area contributed by atoms with E-state index in [0.717, 1.165) is 29.5 Å². The number of anilines is 1. The number of rotatable bonds is 5. The van der Waals surface area contributed by atoms with Crippen LogP contribution in [0.3, 0.4) is 0 Å². The standard InChI is InChI=1S/C18H15FN6O3/c1-10-14(11(2)24-18(22-10)12(8-20)9-21-24)4-6-17(26)23-16-7-13(25(27)28)3-5-15(16)19/h3,5,7,9H,4,6H2,1-2H3,(H,23,26). The molecule has 1 N–H and O–H groups in total. The third-order valence-electron chi connectivity index (χ3n) is 4.37. The molecular formula is C18H15FN6O3. The molecule has 1 aromatic carbocycles. The maximum absolute atomic E-state index is 13.8. The van der Waals surface area contributed by atoms with Gasteiger partial charge in [-0.3, -0.25) is 14.9 Å².